The predicted molar refractivity (Wildman–Crippen MR) is 314 cm³/mol. The van der Waals surface area contributed by atoms with Crippen molar-refractivity contribution in [1.82, 2.24) is 24.1 Å². The molecule has 12 heteroatoms. The fraction of sp³-hybridized carbons (Fsp3) is 0. The molecule has 12 nitrogen and oxygen atoms in total. The van der Waals surface area contributed by atoms with Crippen LogP contribution in [0.25, 0.3) is 123 Å². The molecule has 3 aromatic heterocycles. The Labute approximate surface area is 468 Å². The van der Waals surface area contributed by atoms with E-state index < -0.39 is 0 Å². The highest BCUT2D eigenvalue weighted by Crippen LogP contribution is 2.47. The Morgan fingerprint density at radius 3 is 1.18 bits per heavy atom. The minimum atomic E-state index is 0.194. The zero-order chi connectivity index (χ0) is 56.0. The summed E-state index contributed by atoms with van der Waals surface area (Å²) in [6.07, 6.45) is 0. The number of hydrogen-bond donors (Lipinski definition) is 0. The summed E-state index contributed by atoms with van der Waals surface area (Å²) in [7, 11) is 0. The monoisotopic (exact) mass is 1040 g/mol. The van der Waals surface area contributed by atoms with Crippen LogP contribution in [0.1, 0.15) is 38.9 Å². The van der Waals surface area contributed by atoms with Crippen molar-refractivity contribution >= 4 is 43.6 Å². The van der Waals surface area contributed by atoms with Crippen molar-refractivity contribution in [2.24, 2.45) is 0 Å². The van der Waals surface area contributed by atoms with Gasteiger partial charge in [0.2, 0.25) is 0 Å². The maximum Gasteiger partial charge on any atom is 0.166 e. The molecule has 0 unspecified atom stereocenters. The van der Waals surface area contributed by atoms with Gasteiger partial charge in [-0.1, -0.05) is 127 Å². The molecule has 0 radical (unpaired) electrons. The second-order valence-corrected chi connectivity index (χ2v) is 19.3. The lowest BCUT2D eigenvalue weighted by atomic mass is 9.92. The summed E-state index contributed by atoms with van der Waals surface area (Å²) in [6, 6.07) is 80.2. The molecule has 0 amide bonds. The molecule has 0 N–H and O–H groups in total. The Morgan fingerprint density at radius 1 is 0.280 bits per heavy atom. The lowest BCUT2D eigenvalue weighted by Gasteiger charge is -2.22. The largest absolute Gasteiger partial charge is 0.309 e. The summed E-state index contributed by atoms with van der Waals surface area (Å²) in [4.78, 5) is 15.6. The van der Waals surface area contributed by atoms with Crippen molar-refractivity contribution < 1.29 is 0 Å². The average molecular weight is 1040 g/mol. The van der Waals surface area contributed by atoms with Gasteiger partial charge in [-0.3, -0.25) is 0 Å². The first-order chi connectivity index (χ1) is 40.4. The standard InChI is InChI=1S/C70H34N12/c71-35-42-29-49(38-74)64(50(30-42)39-75)46-25-27-61-57(33-46)53-18-7-9-22-59(53)81(61)63-24-11-17-48(37-73)66(63)55-20-12-21-56(70-79-68(44-13-3-1-4-14-44)78-69(80-70)45-15-5-2-6-16-45)67(55)82-60-23-10-8-19-54(60)58-34-47(26-28-62(58)82)65-51(40-76)31-43(36-72)32-52(65)41-77/h1-34H. The van der Waals surface area contributed by atoms with Crippen LogP contribution in [0.3, 0.4) is 0 Å². The van der Waals surface area contributed by atoms with E-state index in [4.69, 9.17) is 15.0 Å². The summed E-state index contributed by atoms with van der Waals surface area (Å²) in [6.45, 7) is 0. The van der Waals surface area contributed by atoms with Gasteiger partial charge in [0, 0.05) is 60.5 Å². The molecule has 374 valence electrons. The van der Waals surface area contributed by atoms with Gasteiger partial charge in [0.05, 0.1) is 115 Å². The van der Waals surface area contributed by atoms with E-state index in [-0.39, 0.29) is 33.4 Å². The topological polar surface area (TPSA) is 215 Å². The quantitative estimate of drug-likeness (QED) is 0.140. The van der Waals surface area contributed by atoms with Gasteiger partial charge in [-0.2, -0.15) is 36.8 Å². The Bertz CT molecular complexity index is 5070. The second-order valence-electron chi connectivity index (χ2n) is 19.3. The minimum absolute atomic E-state index is 0.194. The molecular weight excluding hydrogens is 1010 g/mol. The fourth-order valence-electron chi connectivity index (χ4n) is 11.3. The van der Waals surface area contributed by atoms with E-state index in [1.807, 2.05) is 176 Å². The first-order valence-corrected chi connectivity index (χ1v) is 25.7. The van der Waals surface area contributed by atoms with E-state index in [1.54, 1.807) is 6.07 Å². The number of hydrogen-bond acceptors (Lipinski definition) is 10. The van der Waals surface area contributed by atoms with Crippen LogP contribution in [0, 0.1) is 79.3 Å². The first kappa shape index (κ1) is 48.9. The van der Waals surface area contributed by atoms with Gasteiger partial charge >= 0.3 is 0 Å². The van der Waals surface area contributed by atoms with Crippen LogP contribution in [0.4, 0.5) is 0 Å². The molecule has 13 aromatic rings. The van der Waals surface area contributed by atoms with Crippen molar-refractivity contribution in [3.63, 3.8) is 0 Å². The number of fused-ring (bicyclic) bond motifs is 6. The third-order valence-corrected chi connectivity index (χ3v) is 14.8. The van der Waals surface area contributed by atoms with Crippen molar-refractivity contribution in [2.75, 3.05) is 0 Å². The highest BCUT2D eigenvalue weighted by Gasteiger charge is 2.28. The van der Waals surface area contributed by atoms with Crippen molar-refractivity contribution in [3.05, 3.63) is 245 Å². The van der Waals surface area contributed by atoms with E-state index in [0.717, 1.165) is 54.7 Å². The molecule has 13 rings (SSSR count). The molecule has 0 aliphatic carbocycles. The van der Waals surface area contributed by atoms with Crippen LogP contribution in [-0.4, -0.2) is 24.1 Å². The number of benzene rings is 10. The Morgan fingerprint density at radius 2 is 0.695 bits per heavy atom. The summed E-state index contributed by atoms with van der Waals surface area (Å²) in [5.74, 6) is 1.26. The van der Waals surface area contributed by atoms with E-state index in [2.05, 4.69) is 51.6 Å². The van der Waals surface area contributed by atoms with Crippen LogP contribution in [-0.2, 0) is 0 Å². The molecule has 0 fully saturated rings. The highest BCUT2D eigenvalue weighted by molar-refractivity contribution is 6.14. The maximum atomic E-state index is 11.4. The molecule has 0 aliphatic heterocycles. The fourth-order valence-corrected chi connectivity index (χ4v) is 11.3. The Hall–Kier alpha value is -12.8. The number of rotatable bonds is 8. The summed E-state index contributed by atoms with van der Waals surface area (Å²) < 4.78 is 4.30. The maximum absolute atomic E-state index is 11.4. The Balaban J connectivity index is 1.14. The van der Waals surface area contributed by atoms with Gasteiger partial charge in [0.1, 0.15) is 0 Å². The third kappa shape index (κ3) is 7.90. The van der Waals surface area contributed by atoms with Gasteiger partial charge in [-0.25, -0.2) is 15.0 Å². The van der Waals surface area contributed by atoms with Crippen LogP contribution in [0.15, 0.2) is 206 Å². The number of para-hydroxylation sites is 3. The van der Waals surface area contributed by atoms with Crippen LogP contribution in [0.2, 0.25) is 0 Å². The molecule has 10 aromatic carbocycles. The molecule has 0 atom stereocenters. The third-order valence-electron chi connectivity index (χ3n) is 14.8. The summed E-state index contributed by atoms with van der Waals surface area (Å²) in [5, 5.41) is 75.9. The lowest BCUT2D eigenvalue weighted by Crippen LogP contribution is -2.07. The minimum Gasteiger partial charge on any atom is -0.309 e. The first-order valence-electron chi connectivity index (χ1n) is 25.7. The molecule has 0 spiro atoms. The second kappa shape index (κ2) is 20.0. The Kier molecular flexibility index (Phi) is 11.9. The average Bonchev–Trinajstić information content (AvgIpc) is 4.27. The number of aromatic nitrogens is 5. The smallest absolute Gasteiger partial charge is 0.166 e. The molecule has 0 saturated carbocycles. The van der Waals surface area contributed by atoms with Gasteiger partial charge in [0.25, 0.3) is 0 Å². The molecule has 3 heterocycles. The molecule has 0 saturated heterocycles. The van der Waals surface area contributed by atoms with Crippen LogP contribution < -0.4 is 0 Å². The van der Waals surface area contributed by atoms with E-state index in [0.29, 0.717) is 73.4 Å². The normalized spacial score (nSPS) is 10.8. The van der Waals surface area contributed by atoms with Gasteiger partial charge in [0.15, 0.2) is 17.5 Å². The van der Waals surface area contributed by atoms with E-state index >= 15 is 0 Å². The molecule has 0 aliphatic rings. The molecule has 82 heavy (non-hydrogen) atoms. The number of nitrogens with zero attached hydrogens (tertiary/aromatic N) is 12. The summed E-state index contributed by atoms with van der Waals surface area (Å²) >= 11 is 0. The van der Waals surface area contributed by atoms with Crippen LogP contribution >= 0.6 is 0 Å². The lowest BCUT2D eigenvalue weighted by molar-refractivity contribution is 1.06. The van der Waals surface area contributed by atoms with Crippen LogP contribution in [0.5, 0.6) is 0 Å². The van der Waals surface area contributed by atoms with Crippen molar-refractivity contribution in [1.29, 1.82) is 36.8 Å². The van der Waals surface area contributed by atoms with Gasteiger partial charge < -0.3 is 9.13 Å². The summed E-state index contributed by atoms with van der Waals surface area (Å²) in [5.41, 5.74) is 11.5. The zero-order valence-corrected chi connectivity index (χ0v) is 43.0. The van der Waals surface area contributed by atoms with Gasteiger partial charge in [-0.15, -0.1) is 0 Å². The molecule has 0 bridgehead atoms. The van der Waals surface area contributed by atoms with Gasteiger partial charge in [-0.05, 0) is 90.0 Å². The van der Waals surface area contributed by atoms with E-state index in [1.165, 1.54) is 24.3 Å². The highest BCUT2D eigenvalue weighted by atomic mass is 15.1. The van der Waals surface area contributed by atoms with Crippen molar-refractivity contribution in [2.45, 2.75) is 0 Å². The van der Waals surface area contributed by atoms with Crippen molar-refractivity contribution in [3.8, 4) is 121 Å². The number of nitriles is 7. The predicted octanol–water partition coefficient (Wildman–Crippen LogP) is 15.2. The van der Waals surface area contributed by atoms with E-state index in [9.17, 15) is 36.8 Å². The zero-order valence-electron chi connectivity index (χ0n) is 43.0. The SMILES string of the molecule is N#Cc1cc(C#N)c(-c2ccc3c(c2)c2ccccc2n3-c2cccc(C#N)c2-c2cccc(-c3nc(-c4ccccc4)nc(-c4ccccc4)n3)c2-n2c3ccccc3c3cc(-c4c(C#N)cc(C#N)cc4C#N)ccc32)c(C#N)c1. The molecular formula is C70H34N12.